The lowest BCUT2D eigenvalue weighted by molar-refractivity contribution is -0.122. The maximum Gasteiger partial charge on any atom is 0.230 e. The van der Waals surface area contributed by atoms with Gasteiger partial charge >= 0.3 is 0 Å². The number of aromatic nitrogens is 3. The number of carbonyl (C=O) groups excluding carboxylic acids is 1. The summed E-state index contributed by atoms with van der Waals surface area (Å²) in [6.07, 6.45) is 6.00. The van der Waals surface area contributed by atoms with Gasteiger partial charge in [-0.3, -0.25) is 4.79 Å². The van der Waals surface area contributed by atoms with Crippen molar-refractivity contribution in [3.8, 4) is 0 Å². The van der Waals surface area contributed by atoms with Gasteiger partial charge in [0.1, 0.15) is 0 Å². The second-order valence-corrected chi connectivity index (χ2v) is 6.58. The fourth-order valence-electron chi connectivity index (χ4n) is 2.74. The molecule has 0 radical (unpaired) electrons. The smallest absolute Gasteiger partial charge is 0.230 e. The van der Waals surface area contributed by atoms with Gasteiger partial charge in [0.25, 0.3) is 0 Å². The molecule has 2 fully saturated rings. The van der Waals surface area contributed by atoms with Crippen LogP contribution < -0.4 is 11.2 Å². The molecular weight excluding hydrogens is 290 g/mol. The fraction of sp³-hybridized carbons (Fsp3) is 0.769. The molecule has 8 heteroatoms. The Morgan fingerprint density at radius 3 is 2.76 bits per heavy atom. The van der Waals surface area contributed by atoms with Gasteiger partial charge in [-0.25, -0.2) is 4.68 Å². The molecular formula is C13H21N5O2S. The first-order valence-electron chi connectivity index (χ1n) is 7.44. The van der Waals surface area contributed by atoms with Gasteiger partial charge in [0.15, 0.2) is 5.82 Å². The van der Waals surface area contributed by atoms with E-state index in [-0.39, 0.29) is 11.9 Å². The minimum Gasteiger partial charge on any atom is -0.377 e. The molecule has 0 bridgehead atoms. The van der Waals surface area contributed by atoms with Crippen LogP contribution in [0.5, 0.6) is 0 Å². The Morgan fingerprint density at radius 2 is 2.10 bits per heavy atom. The average Bonchev–Trinajstić information content (AvgIpc) is 2.83. The summed E-state index contributed by atoms with van der Waals surface area (Å²) in [5.74, 6) is 7.62. The molecule has 3 N–H and O–H groups in total. The lowest BCUT2D eigenvalue weighted by Gasteiger charge is -2.26. The summed E-state index contributed by atoms with van der Waals surface area (Å²) in [5.41, 5.74) is 0. The van der Waals surface area contributed by atoms with Gasteiger partial charge in [-0.05, 0) is 12.8 Å². The molecule has 1 aliphatic carbocycles. The van der Waals surface area contributed by atoms with Crippen molar-refractivity contribution in [3.63, 3.8) is 0 Å². The van der Waals surface area contributed by atoms with Gasteiger partial charge in [0, 0.05) is 5.92 Å². The van der Waals surface area contributed by atoms with E-state index in [0.717, 1.165) is 18.7 Å². The third-order valence-electron chi connectivity index (χ3n) is 4.00. The lowest BCUT2D eigenvalue weighted by Crippen LogP contribution is -2.49. The number of nitrogen functional groups attached to an aromatic ring is 1. The van der Waals surface area contributed by atoms with Crippen molar-refractivity contribution in [2.45, 2.75) is 49.2 Å². The minimum absolute atomic E-state index is 0.0180. The van der Waals surface area contributed by atoms with Crippen LogP contribution in [0, 0.1) is 0 Å². The zero-order chi connectivity index (χ0) is 14.7. The van der Waals surface area contributed by atoms with Crippen LogP contribution in [0.4, 0.5) is 0 Å². The van der Waals surface area contributed by atoms with Crippen molar-refractivity contribution in [3.05, 3.63) is 5.82 Å². The molecule has 2 heterocycles. The molecule has 1 saturated heterocycles. The molecule has 0 unspecified atom stereocenters. The van der Waals surface area contributed by atoms with Crippen LogP contribution in [0.2, 0.25) is 0 Å². The lowest BCUT2D eigenvalue weighted by atomic mass is 9.89. The van der Waals surface area contributed by atoms with E-state index >= 15 is 0 Å². The number of nitrogens with two attached hydrogens (primary N) is 1. The number of thioether (sulfide) groups is 1. The second-order valence-electron chi connectivity index (χ2n) is 5.64. The van der Waals surface area contributed by atoms with Crippen molar-refractivity contribution >= 4 is 17.7 Å². The normalized spacial score (nSPS) is 20.2. The standard InChI is InChI=1S/C13H21N5O2S/c14-18-12(9-4-2-1-3-5-9)16-17-13(18)21-8-11(19)15-10-6-20-7-10/h9-10H,1-8,14H2,(H,15,19). The Kier molecular flexibility index (Phi) is 4.64. The predicted molar refractivity (Wildman–Crippen MR) is 79.5 cm³/mol. The summed E-state index contributed by atoms with van der Waals surface area (Å²) >= 11 is 1.33. The molecule has 0 atom stereocenters. The maximum absolute atomic E-state index is 11.8. The number of hydrogen-bond acceptors (Lipinski definition) is 6. The summed E-state index contributed by atoms with van der Waals surface area (Å²) < 4.78 is 6.58. The number of hydrogen-bond donors (Lipinski definition) is 2. The quantitative estimate of drug-likeness (QED) is 0.612. The zero-order valence-corrected chi connectivity index (χ0v) is 12.8. The summed E-state index contributed by atoms with van der Waals surface area (Å²) in [4.78, 5) is 11.8. The first-order chi connectivity index (χ1) is 10.2. The molecule has 3 rings (SSSR count). The van der Waals surface area contributed by atoms with Gasteiger partial charge in [-0.2, -0.15) is 0 Å². The fourth-order valence-corrected chi connectivity index (χ4v) is 3.42. The number of rotatable bonds is 5. The summed E-state index contributed by atoms with van der Waals surface area (Å²) in [6.45, 7) is 1.21. The highest BCUT2D eigenvalue weighted by molar-refractivity contribution is 7.99. The average molecular weight is 311 g/mol. The Balaban J connectivity index is 1.53. The van der Waals surface area contributed by atoms with E-state index < -0.39 is 0 Å². The van der Waals surface area contributed by atoms with Crippen molar-refractivity contribution < 1.29 is 9.53 Å². The van der Waals surface area contributed by atoms with Crippen molar-refractivity contribution in [2.24, 2.45) is 0 Å². The van der Waals surface area contributed by atoms with E-state index in [1.807, 2.05) is 0 Å². The van der Waals surface area contributed by atoms with E-state index in [2.05, 4.69) is 15.5 Å². The van der Waals surface area contributed by atoms with Crippen LogP contribution >= 0.6 is 11.8 Å². The van der Waals surface area contributed by atoms with Crippen molar-refractivity contribution in [1.29, 1.82) is 0 Å². The van der Waals surface area contributed by atoms with E-state index in [0.29, 0.717) is 30.0 Å². The molecule has 116 valence electrons. The van der Waals surface area contributed by atoms with Gasteiger partial charge in [-0.1, -0.05) is 31.0 Å². The SMILES string of the molecule is Nn1c(SCC(=O)NC2COC2)nnc1C1CCCCC1. The topological polar surface area (TPSA) is 95.1 Å². The molecule has 7 nitrogen and oxygen atoms in total. The maximum atomic E-state index is 11.8. The van der Waals surface area contributed by atoms with Crippen molar-refractivity contribution in [1.82, 2.24) is 20.2 Å². The first kappa shape index (κ1) is 14.6. The number of ether oxygens (including phenoxy) is 1. The largest absolute Gasteiger partial charge is 0.377 e. The predicted octanol–water partition coefficient (Wildman–Crippen LogP) is 0.647. The van der Waals surface area contributed by atoms with Crippen LogP contribution in [0.15, 0.2) is 5.16 Å². The van der Waals surface area contributed by atoms with Crippen molar-refractivity contribution in [2.75, 3.05) is 24.8 Å². The van der Waals surface area contributed by atoms with Gasteiger partial charge in [0.05, 0.1) is 25.0 Å². The van der Waals surface area contributed by atoms with Crippen LogP contribution in [0.1, 0.15) is 43.8 Å². The van der Waals surface area contributed by atoms with E-state index in [9.17, 15) is 4.79 Å². The highest BCUT2D eigenvalue weighted by Gasteiger charge is 2.24. The monoisotopic (exact) mass is 311 g/mol. The first-order valence-corrected chi connectivity index (χ1v) is 8.43. The van der Waals surface area contributed by atoms with E-state index in [1.165, 1.54) is 31.0 Å². The summed E-state index contributed by atoms with van der Waals surface area (Å²) in [5, 5.41) is 11.8. The van der Waals surface area contributed by atoms with Gasteiger partial charge < -0.3 is 15.9 Å². The Hall–Kier alpha value is -1.28. The van der Waals surface area contributed by atoms with E-state index in [4.69, 9.17) is 10.6 Å². The van der Waals surface area contributed by atoms with Gasteiger partial charge in [0.2, 0.25) is 11.1 Å². The van der Waals surface area contributed by atoms with Crippen LogP contribution in [0.3, 0.4) is 0 Å². The molecule has 1 amide bonds. The molecule has 0 spiro atoms. The number of nitrogens with zero attached hydrogens (tertiary/aromatic N) is 3. The molecule has 1 aromatic rings. The molecule has 1 aliphatic heterocycles. The summed E-state index contributed by atoms with van der Waals surface area (Å²) in [6, 6.07) is 0.159. The van der Waals surface area contributed by atoms with Crippen LogP contribution in [0.25, 0.3) is 0 Å². The number of nitrogens with one attached hydrogen (secondary N) is 1. The second kappa shape index (κ2) is 6.65. The van der Waals surface area contributed by atoms with Crippen LogP contribution in [-0.4, -0.2) is 45.8 Å². The number of amides is 1. The Morgan fingerprint density at radius 1 is 1.33 bits per heavy atom. The summed E-state index contributed by atoms with van der Waals surface area (Å²) in [7, 11) is 0. The molecule has 1 saturated carbocycles. The van der Waals surface area contributed by atoms with E-state index in [1.54, 1.807) is 4.68 Å². The van der Waals surface area contributed by atoms with Gasteiger partial charge in [-0.15, -0.1) is 10.2 Å². The molecule has 1 aromatic heterocycles. The molecule has 2 aliphatic rings. The zero-order valence-electron chi connectivity index (χ0n) is 12.0. The minimum atomic E-state index is -0.0180. The highest BCUT2D eigenvalue weighted by Crippen LogP contribution is 2.32. The third kappa shape index (κ3) is 3.49. The Bertz CT molecular complexity index is 497. The molecule has 0 aromatic carbocycles. The third-order valence-corrected chi connectivity index (χ3v) is 4.94. The van der Waals surface area contributed by atoms with Crippen LogP contribution in [-0.2, 0) is 9.53 Å². The Labute approximate surface area is 128 Å². The molecule has 21 heavy (non-hydrogen) atoms. The number of carbonyl (C=O) groups is 1. The highest BCUT2D eigenvalue weighted by atomic mass is 32.2.